The predicted molar refractivity (Wildman–Crippen MR) is 112 cm³/mol. The molecule has 0 radical (unpaired) electrons. The topological polar surface area (TPSA) is 70.4 Å². The molecule has 27 heavy (non-hydrogen) atoms. The first kappa shape index (κ1) is 18.5. The van der Waals surface area contributed by atoms with Crippen LogP contribution in [0.5, 0.6) is 0 Å². The number of carbonyl (C=O) groups is 1. The van der Waals surface area contributed by atoms with Gasteiger partial charge >= 0.3 is 0 Å². The van der Waals surface area contributed by atoms with E-state index in [4.69, 9.17) is 5.73 Å². The van der Waals surface area contributed by atoms with E-state index in [0.717, 1.165) is 60.6 Å². The SMILES string of the molecule is CNc1cc(N2CC3CCCC3C2)c(C(=O)NC2CCC(C)CC2)cc1N. The van der Waals surface area contributed by atoms with Crippen molar-refractivity contribution in [1.29, 1.82) is 0 Å². The van der Waals surface area contributed by atoms with Crippen molar-refractivity contribution < 1.29 is 4.79 Å². The molecule has 1 aromatic rings. The minimum absolute atomic E-state index is 0.0379. The lowest BCUT2D eigenvalue weighted by atomic mass is 9.87. The Hall–Kier alpha value is -1.91. The van der Waals surface area contributed by atoms with Gasteiger partial charge in [-0.25, -0.2) is 0 Å². The highest BCUT2D eigenvalue weighted by Crippen LogP contribution is 2.41. The lowest BCUT2D eigenvalue weighted by molar-refractivity contribution is 0.0923. The molecule has 2 unspecified atom stereocenters. The second-order valence-corrected chi connectivity index (χ2v) is 8.99. The third-order valence-corrected chi connectivity index (χ3v) is 7.10. The number of nitrogens with two attached hydrogens (primary N) is 1. The highest BCUT2D eigenvalue weighted by atomic mass is 16.1. The molecule has 148 valence electrons. The van der Waals surface area contributed by atoms with Crippen LogP contribution in [0.2, 0.25) is 0 Å². The van der Waals surface area contributed by atoms with Crippen molar-refractivity contribution in [3.8, 4) is 0 Å². The van der Waals surface area contributed by atoms with Crippen LogP contribution in [0, 0.1) is 17.8 Å². The average molecular weight is 371 g/mol. The number of hydrogen-bond acceptors (Lipinski definition) is 4. The molecule has 4 rings (SSSR count). The Morgan fingerprint density at radius 1 is 1.07 bits per heavy atom. The van der Waals surface area contributed by atoms with Crippen LogP contribution in [-0.2, 0) is 0 Å². The molecule has 0 spiro atoms. The van der Waals surface area contributed by atoms with Gasteiger partial charge in [0.25, 0.3) is 5.91 Å². The van der Waals surface area contributed by atoms with Gasteiger partial charge in [0.2, 0.25) is 0 Å². The number of amides is 1. The molecule has 1 saturated heterocycles. The van der Waals surface area contributed by atoms with Crippen molar-refractivity contribution in [2.75, 3.05) is 36.1 Å². The van der Waals surface area contributed by atoms with E-state index in [1.807, 2.05) is 13.1 Å². The number of benzene rings is 1. The molecular weight excluding hydrogens is 336 g/mol. The van der Waals surface area contributed by atoms with Crippen LogP contribution in [0.3, 0.4) is 0 Å². The first-order chi connectivity index (χ1) is 13.0. The number of fused-ring (bicyclic) bond motifs is 1. The Kier molecular flexibility index (Phi) is 5.20. The van der Waals surface area contributed by atoms with Crippen molar-refractivity contribution in [3.05, 3.63) is 17.7 Å². The van der Waals surface area contributed by atoms with Crippen LogP contribution in [0.1, 0.15) is 62.2 Å². The molecule has 0 aromatic heterocycles. The summed E-state index contributed by atoms with van der Waals surface area (Å²) >= 11 is 0. The van der Waals surface area contributed by atoms with E-state index < -0.39 is 0 Å². The molecule has 5 heteroatoms. The predicted octanol–water partition coefficient (Wildman–Crippen LogP) is 3.86. The van der Waals surface area contributed by atoms with Gasteiger partial charge in [0, 0.05) is 26.2 Å². The third-order valence-electron chi connectivity index (χ3n) is 7.10. The fourth-order valence-electron chi connectivity index (χ4n) is 5.36. The standard InChI is InChI=1S/C22H34N4O/c1-14-6-8-17(9-7-14)25-22(27)18-10-19(23)20(24-2)11-21(18)26-12-15-4-3-5-16(15)13-26/h10-11,14-17,24H,3-9,12-13,23H2,1-2H3,(H,25,27). The molecule has 2 aliphatic carbocycles. The molecule has 3 aliphatic rings. The summed E-state index contributed by atoms with van der Waals surface area (Å²) in [5.74, 6) is 2.40. The lowest BCUT2D eigenvalue weighted by Crippen LogP contribution is -2.38. The van der Waals surface area contributed by atoms with Crippen molar-refractivity contribution in [2.45, 2.75) is 57.9 Å². The quantitative estimate of drug-likeness (QED) is 0.704. The number of nitrogens with zero attached hydrogens (tertiary/aromatic N) is 1. The summed E-state index contributed by atoms with van der Waals surface area (Å²) < 4.78 is 0. The maximum absolute atomic E-state index is 13.2. The Morgan fingerprint density at radius 2 is 1.74 bits per heavy atom. The summed E-state index contributed by atoms with van der Waals surface area (Å²) in [6.07, 6.45) is 8.59. The fourth-order valence-corrected chi connectivity index (χ4v) is 5.36. The minimum Gasteiger partial charge on any atom is -0.397 e. The van der Waals surface area contributed by atoms with Gasteiger partial charge in [-0.05, 0) is 68.4 Å². The smallest absolute Gasteiger partial charge is 0.253 e. The van der Waals surface area contributed by atoms with E-state index in [-0.39, 0.29) is 5.91 Å². The van der Waals surface area contributed by atoms with Crippen molar-refractivity contribution in [2.24, 2.45) is 17.8 Å². The maximum atomic E-state index is 13.2. The highest BCUT2D eigenvalue weighted by molar-refractivity contribution is 6.02. The van der Waals surface area contributed by atoms with Gasteiger partial charge in [0.15, 0.2) is 0 Å². The Labute approximate surface area is 163 Å². The monoisotopic (exact) mass is 370 g/mol. The van der Waals surface area contributed by atoms with Gasteiger partial charge in [-0.1, -0.05) is 13.3 Å². The van der Waals surface area contributed by atoms with Gasteiger partial charge in [-0.2, -0.15) is 0 Å². The molecule has 4 N–H and O–H groups in total. The Bertz CT molecular complexity index is 684. The number of carbonyl (C=O) groups excluding carboxylic acids is 1. The van der Waals surface area contributed by atoms with Crippen molar-refractivity contribution in [1.82, 2.24) is 5.32 Å². The molecule has 1 aromatic carbocycles. The fraction of sp³-hybridized carbons (Fsp3) is 0.682. The summed E-state index contributed by atoms with van der Waals surface area (Å²) in [5.41, 5.74) is 9.56. The first-order valence-electron chi connectivity index (χ1n) is 10.7. The largest absolute Gasteiger partial charge is 0.397 e. The second-order valence-electron chi connectivity index (χ2n) is 8.99. The summed E-state index contributed by atoms with van der Waals surface area (Å²) in [7, 11) is 1.89. The first-order valence-corrected chi connectivity index (χ1v) is 10.7. The molecule has 1 aliphatic heterocycles. The van der Waals surface area contributed by atoms with E-state index in [2.05, 4.69) is 28.5 Å². The molecular formula is C22H34N4O. The highest BCUT2D eigenvalue weighted by Gasteiger charge is 2.37. The molecule has 0 bridgehead atoms. The summed E-state index contributed by atoms with van der Waals surface area (Å²) in [5, 5.41) is 6.47. The molecule has 5 nitrogen and oxygen atoms in total. The average Bonchev–Trinajstić information content (AvgIpc) is 3.25. The second kappa shape index (κ2) is 7.61. The zero-order chi connectivity index (χ0) is 19.0. The van der Waals surface area contributed by atoms with Gasteiger partial charge in [-0.3, -0.25) is 4.79 Å². The van der Waals surface area contributed by atoms with E-state index in [9.17, 15) is 4.79 Å². The summed E-state index contributed by atoms with van der Waals surface area (Å²) in [6, 6.07) is 4.24. The Morgan fingerprint density at radius 3 is 2.37 bits per heavy atom. The zero-order valence-electron chi connectivity index (χ0n) is 16.8. The van der Waals surface area contributed by atoms with E-state index >= 15 is 0 Å². The van der Waals surface area contributed by atoms with Gasteiger partial charge in [0.1, 0.15) is 0 Å². The third kappa shape index (κ3) is 3.74. The summed E-state index contributed by atoms with van der Waals surface area (Å²) in [4.78, 5) is 15.6. The normalized spacial score (nSPS) is 30.2. The van der Waals surface area contributed by atoms with Crippen LogP contribution in [0.25, 0.3) is 0 Å². The summed E-state index contributed by atoms with van der Waals surface area (Å²) in [6.45, 7) is 4.44. The van der Waals surface area contributed by atoms with Crippen molar-refractivity contribution in [3.63, 3.8) is 0 Å². The molecule has 1 heterocycles. The number of anilines is 3. The zero-order valence-corrected chi connectivity index (χ0v) is 16.8. The molecule has 2 atom stereocenters. The van der Waals surface area contributed by atoms with Crippen LogP contribution >= 0.6 is 0 Å². The van der Waals surface area contributed by atoms with Gasteiger partial charge < -0.3 is 21.3 Å². The van der Waals surface area contributed by atoms with Gasteiger partial charge in [-0.15, -0.1) is 0 Å². The maximum Gasteiger partial charge on any atom is 0.253 e. The van der Waals surface area contributed by atoms with Gasteiger partial charge in [0.05, 0.1) is 22.6 Å². The molecule has 3 fully saturated rings. The molecule has 1 amide bonds. The number of nitrogen functional groups attached to an aromatic ring is 1. The minimum atomic E-state index is 0.0379. The number of hydrogen-bond donors (Lipinski definition) is 3. The lowest BCUT2D eigenvalue weighted by Gasteiger charge is -2.28. The van der Waals surface area contributed by atoms with E-state index in [1.54, 1.807) is 0 Å². The number of rotatable bonds is 4. The van der Waals surface area contributed by atoms with Crippen LogP contribution < -0.4 is 21.3 Å². The number of nitrogens with one attached hydrogen (secondary N) is 2. The van der Waals surface area contributed by atoms with Crippen molar-refractivity contribution >= 4 is 23.0 Å². The van der Waals surface area contributed by atoms with Crippen LogP contribution in [-0.4, -0.2) is 32.1 Å². The van der Waals surface area contributed by atoms with E-state index in [1.165, 1.54) is 32.1 Å². The Balaban J connectivity index is 1.57. The van der Waals surface area contributed by atoms with Crippen LogP contribution in [0.4, 0.5) is 17.1 Å². The van der Waals surface area contributed by atoms with Crippen LogP contribution in [0.15, 0.2) is 12.1 Å². The molecule has 2 saturated carbocycles. The van der Waals surface area contributed by atoms with E-state index in [0.29, 0.717) is 11.7 Å².